The first-order chi connectivity index (χ1) is 12.2. The summed E-state index contributed by atoms with van der Waals surface area (Å²) in [4.78, 5) is 19.5. The molecule has 5 nitrogen and oxygen atoms in total. The van der Waals surface area contributed by atoms with Gasteiger partial charge in [-0.25, -0.2) is 4.98 Å². The van der Waals surface area contributed by atoms with Gasteiger partial charge < -0.3 is 16.0 Å². The Bertz CT molecular complexity index is 593. The van der Waals surface area contributed by atoms with E-state index in [1.165, 1.54) is 32.1 Å². The van der Waals surface area contributed by atoms with Gasteiger partial charge in [0.1, 0.15) is 5.82 Å². The number of pyridine rings is 1. The Morgan fingerprint density at radius 2 is 1.78 bits per heavy atom. The first-order valence-corrected chi connectivity index (χ1v) is 9.94. The number of nitrogens with zero attached hydrogens (tertiary/aromatic N) is 2. The number of halogens is 2. The Balaban J connectivity index is 0.00000131. The van der Waals surface area contributed by atoms with Crippen molar-refractivity contribution in [3.8, 4) is 0 Å². The van der Waals surface area contributed by atoms with Crippen LogP contribution in [-0.2, 0) is 11.3 Å². The summed E-state index contributed by atoms with van der Waals surface area (Å²) in [7, 11) is 0. The second-order valence-corrected chi connectivity index (χ2v) is 8.13. The van der Waals surface area contributed by atoms with Gasteiger partial charge in [0.15, 0.2) is 0 Å². The monoisotopic (exact) mass is 414 g/mol. The second kappa shape index (κ2) is 9.94. The zero-order chi connectivity index (χ0) is 17.2. The van der Waals surface area contributed by atoms with Crippen LogP contribution >= 0.6 is 24.8 Å². The number of aromatic nitrogens is 1. The normalized spacial score (nSPS) is 29.4. The van der Waals surface area contributed by atoms with Crippen molar-refractivity contribution in [2.45, 2.75) is 57.5 Å². The number of hydrogen-bond donors (Lipinski definition) is 2. The van der Waals surface area contributed by atoms with E-state index in [2.05, 4.69) is 27.3 Å². The summed E-state index contributed by atoms with van der Waals surface area (Å²) in [5.41, 5.74) is 7.41. The molecule has 1 aromatic rings. The van der Waals surface area contributed by atoms with Gasteiger partial charge in [0.25, 0.3) is 0 Å². The summed E-state index contributed by atoms with van der Waals surface area (Å²) in [6.07, 6.45) is 10.0. The molecule has 0 spiro atoms. The number of rotatable bonds is 4. The van der Waals surface area contributed by atoms with Crippen molar-refractivity contribution in [3.05, 3.63) is 23.9 Å². The minimum atomic E-state index is 0. The zero-order valence-corrected chi connectivity index (χ0v) is 17.4. The van der Waals surface area contributed by atoms with Gasteiger partial charge in [-0.15, -0.1) is 24.8 Å². The highest BCUT2D eigenvalue weighted by atomic mass is 35.5. The van der Waals surface area contributed by atoms with E-state index in [1.54, 1.807) is 0 Å². The fourth-order valence-corrected chi connectivity index (χ4v) is 4.99. The van der Waals surface area contributed by atoms with E-state index >= 15 is 0 Å². The van der Waals surface area contributed by atoms with E-state index in [0.717, 1.165) is 37.3 Å². The highest BCUT2D eigenvalue weighted by molar-refractivity contribution is 5.85. The van der Waals surface area contributed by atoms with Crippen molar-refractivity contribution in [3.63, 3.8) is 0 Å². The lowest BCUT2D eigenvalue weighted by Gasteiger charge is -2.43. The Hall–Kier alpha value is -1.04. The smallest absolute Gasteiger partial charge is 0.223 e. The predicted octanol–water partition coefficient (Wildman–Crippen LogP) is 3.30. The van der Waals surface area contributed by atoms with Gasteiger partial charge in [-0.2, -0.15) is 0 Å². The molecule has 2 saturated carbocycles. The van der Waals surface area contributed by atoms with E-state index in [4.69, 9.17) is 5.73 Å². The van der Waals surface area contributed by atoms with Crippen LogP contribution in [0.3, 0.4) is 0 Å². The molecule has 3 N–H and O–H groups in total. The summed E-state index contributed by atoms with van der Waals surface area (Å²) in [6, 6.07) is 4.49. The summed E-state index contributed by atoms with van der Waals surface area (Å²) < 4.78 is 0. The third-order valence-electron chi connectivity index (χ3n) is 6.49. The molecule has 2 aliphatic carbocycles. The first-order valence-electron chi connectivity index (χ1n) is 9.94. The molecule has 1 saturated heterocycles. The van der Waals surface area contributed by atoms with Gasteiger partial charge >= 0.3 is 0 Å². The van der Waals surface area contributed by atoms with Crippen LogP contribution in [0.1, 0.15) is 50.5 Å². The topological polar surface area (TPSA) is 71.2 Å². The third-order valence-corrected chi connectivity index (χ3v) is 6.49. The van der Waals surface area contributed by atoms with E-state index in [9.17, 15) is 4.79 Å². The molecule has 2 bridgehead atoms. The number of carbonyl (C=O) groups is 1. The van der Waals surface area contributed by atoms with Gasteiger partial charge in [0.05, 0.1) is 0 Å². The van der Waals surface area contributed by atoms with Crippen LogP contribution in [0.4, 0.5) is 5.82 Å². The standard InChI is InChI=1S/C20H30N4O.2ClH/c21-19-15-4-3-5-16(19)11-17(10-15)20(25)23-13-14-6-7-18(22-12-14)24-8-1-2-9-24;;/h6-7,12,15-17,19H,1-5,8-11,13,21H2,(H,23,25);2*1H. The van der Waals surface area contributed by atoms with Crippen LogP contribution in [-0.4, -0.2) is 30.0 Å². The maximum atomic E-state index is 12.6. The number of nitrogens with two attached hydrogens (primary N) is 1. The van der Waals surface area contributed by atoms with Crippen molar-refractivity contribution in [2.75, 3.05) is 18.0 Å². The zero-order valence-electron chi connectivity index (χ0n) is 15.8. The predicted molar refractivity (Wildman–Crippen MR) is 114 cm³/mol. The summed E-state index contributed by atoms with van der Waals surface area (Å²) >= 11 is 0. The number of hydrogen-bond acceptors (Lipinski definition) is 4. The molecule has 3 aliphatic rings. The van der Waals surface area contributed by atoms with Crippen LogP contribution < -0.4 is 16.0 Å². The second-order valence-electron chi connectivity index (χ2n) is 8.13. The average molecular weight is 415 g/mol. The van der Waals surface area contributed by atoms with Crippen molar-refractivity contribution in [2.24, 2.45) is 23.5 Å². The highest BCUT2D eigenvalue weighted by Crippen LogP contribution is 2.41. The molecular formula is C20H32Cl2N4O. The van der Waals surface area contributed by atoms with E-state index in [-0.39, 0.29) is 36.6 Å². The van der Waals surface area contributed by atoms with E-state index < -0.39 is 0 Å². The Morgan fingerprint density at radius 3 is 2.37 bits per heavy atom. The number of nitrogens with one attached hydrogen (secondary N) is 1. The average Bonchev–Trinajstić information content (AvgIpc) is 3.14. The molecule has 2 heterocycles. The number of carbonyl (C=O) groups excluding carboxylic acids is 1. The molecule has 27 heavy (non-hydrogen) atoms. The third kappa shape index (κ3) is 5.07. The Labute approximate surface area is 174 Å². The summed E-state index contributed by atoms with van der Waals surface area (Å²) in [5, 5.41) is 3.13. The van der Waals surface area contributed by atoms with Crippen molar-refractivity contribution in [1.82, 2.24) is 10.3 Å². The molecule has 0 radical (unpaired) electrons. The van der Waals surface area contributed by atoms with E-state index in [1.807, 2.05) is 6.20 Å². The molecule has 7 heteroatoms. The summed E-state index contributed by atoms with van der Waals surface area (Å²) in [6.45, 7) is 2.79. The number of fused-ring (bicyclic) bond motifs is 2. The fourth-order valence-electron chi connectivity index (χ4n) is 4.99. The number of amides is 1. The van der Waals surface area contributed by atoms with Crippen LogP contribution in [0.15, 0.2) is 18.3 Å². The lowest BCUT2D eigenvalue weighted by atomic mass is 9.65. The van der Waals surface area contributed by atoms with Gasteiger partial charge in [0, 0.05) is 37.8 Å². The molecule has 152 valence electrons. The van der Waals surface area contributed by atoms with Crippen molar-refractivity contribution < 1.29 is 4.79 Å². The molecule has 3 fully saturated rings. The van der Waals surface area contributed by atoms with Gasteiger partial charge in [0.2, 0.25) is 5.91 Å². The SMILES string of the molecule is Cl.Cl.NC1C2CCCC1CC(C(=O)NCc1ccc(N3CCCC3)nc1)C2. The largest absolute Gasteiger partial charge is 0.357 e. The maximum absolute atomic E-state index is 12.6. The highest BCUT2D eigenvalue weighted by Gasteiger charge is 2.40. The van der Waals surface area contributed by atoms with Gasteiger partial charge in [-0.1, -0.05) is 12.5 Å². The van der Waals surface area contributed by atoms with Crippen molar-refractivity contribution >= 4 is 36.5 Å². The maximum Gasteiger partial charge on any atom is 0.223 e. The molecule has 2 atom stereocenters. The van der Waals surface area contributed by atoms with Gasteiger partial charge in [-0.3, -0.25) is 4.79 Å². The fraction of sp³-hybridized carbons (Fsp3) is 0.700. The molecule has 1 amide bonds. The lowest BCUT2D eigenvalue weighted by molar-refractivity contribution is -0.128. The molecule has 2 unspecified atom stereocenters. The van der Waals surface area contributed by atoms with Crippen LogP contribution in [0.25, 0.3) is 0 Å². The minimum absolute atomic E-state index is 0. The van der Waals surface area contributed by atoms with Crippen LogP contribution in [0, 0.1) is 17.8 Å². The Kier molecular flexibility index (Phi) is 8.20. The lowest BCUT2D eigenvalue weighted by Crippen LogP contribution is -2.49. The quantitative estimate of drug-likeness (QED) is 0.792. The molecule has 4 rings (SSSR count). The van der Waals surface area contributed by atoms with Crippen LogP contribution in [0.2, 0.25) is 0 Å². The minimum Gasteiger partial charge on any atom is -0.357 e. The summed E-state index contributed by atoms with van der Waals surface area (Å²) in [5.74, 6) is 2.50. The molecule has 0 aromatic carbocycles. The molecular weight excluding hydrogens is 383 g/mol. The number of anilines is 1. The van der Waals surface area contributed by atoms with Gasteiger partial charge in [-0.05, 0) is 62.0 Å². The Morgan fingerprint density at radius 1 is 1.11 bits per heavy atom. The molecule has 1 aromatic heterocycles. The molecule has 1 aliphatic heterocycles. The first kappa shape index (κ1) is 22.3. The van der Waals surface area contributed by atoms with E-state index in [0.29, 0.717) is 24.4 Å². The van der Waals surface area contributed by atoms with Crippen LogP contribution in [0.5, 0.6) is 0 Å². The van der Waals surface area contributed by atoms with Crippen molar-refractivity contribution in [1.29, 1.82) is 0 Å².